The van der Waals surface area contributed by atoms with E-state index in [-0.39, 0.29) is 34.7 Å². The molecule has 0 aliphatic carbocycles. The zero-order valence-corrected chi connectivity index (χ0v) is 15.2. The van der Waals surface area contributed by atoms with E-state index >= 15 is 0 Å². The highest BCUT2D eigenvalue weighted by atomic mass is 35.5. The minimum Gasteiger partial charge on any atom is -0.451 e. The van der Waals surface area contributed by atoms with Gasteiger partial charge in [-0.1, -0.05) is 11.6 Å². The van der Waals surface area contributed by atoms with Crippen LogP contribution in [-0.4, -0.2) is 28.8 Å². The molecule has 0 aliphatic rings. The van der Waals surface area contributed by atoms with E-state index in [1.165, 1.54) is 30.3 Å². The van der Waals surface area contributed by atoms with Crippen LogP contribution in [0.5, 0.6) is 0 Å². The van der Waals surface area contributed by atoms with Crippen LogP contribution in [0, 0.1) is 10.1 Å². The van der Waals surface area contributed by atoms with E-state index in [1.54, 1.807) is 0 Å². The van der Waals surface area contributed by atoms with Crippen molar-refractivity contribution in [2.24, 2.45) is 0 Å². The largest absolute Gasteiger partial charge is 0.451 e. The third-order valence-corrected chi connectivity index (χ3v) is 3.50. The van der Waals surface area contributed by atoms with Crippen LogP contribution in [0.15, 0.2) is 34.7 Å². The van der Waals surface area contributed by atoms with Crippen LogP contribution in [-0.2, 0) is 4.79 Å². The summed E-state index contributed by atoms with van der Waals surface area (Å²) in [5.74, 6) is -0.596. The molecule has 0 saturated carbocycles. The number of benzene rings is 1. The molecule has 0 unspecified atom stereocenters. The molecule has 26 heavy (non-hydrogen) atoms. The number of carbonyl (C=O) groups excluding carboxylic acids is 2. The Morgan fingerprint density at radius 2 is 1.92 bits per heavy atom. The molecule has 2 N–H and O–H groups in total. The lowest BCUT2D eigenvalue weighted by molar-refractivity contribution is -0.384. The van der Waals surface area contributed by atoms with Gasteiger partial charge in [-0.2, -0.15) is 0 Å². The fourth-order valence-electron chi connectivity index (χ4n) is 2.13. The molecule has 2 amide bonds. The molecular weight excluding hydrogens is 362 g/mol. The van der Waals surface area contributed by atoms with E-state index in [0.29, 0.717) is 5.56 Å². The highest BCUT2D eigenvalue weighted by molar-refractivity contribution is 6.33. The lowest BCUT2D eigenvalue weighted by Gasteiger charge is -2.20. The predicted octanol–water partition coefficient (Wildman–Crippen LogP) is 3.15. The van der Waals surface area contributed by atoms with Crippen LogP contribution in [0.3, 0.4) is 0 Å². The average molecular weight is 380 g/mol. The molecule has 1 heterocycles. The number of hydrogen-bond donors (Lipinski definition) is 2. The van der Waals surface area contributed by atoms with Crippen LogP contribution in [0.4, 0.5) is 5.69 Å². The molecule has 138 valence electrons. The number of nitro groups is 1. The minimum absolute atomic E-state index is 0.00187. The number of carbonyl (C=O) groups is 2. The van der Waals surface area contributed by atoms with Crippen molar-refractivity contribution in [2.75, 3.05) is 6.54 Å². The zero-order valence-electron chi connectivity index (χ0n) is 14.5. The molecule has 2 rings (SSSR count). The van der Waals surface area contributed by atoms with Gasteiger partial charge in [0.05, 0.1) is 16.5 Å². The Morgan fingerprint density at radius 1 is 1.23 bits per heavy atom. The zero-order chi connectivity index (χ0) is 19.5. The fourth-order valence-corrected chi connectivity index (χ4v) is 2.40. The van der Waals surface area contributed by atoms with Crippen molar-refractivity contribution in [3.8, 4) is 11.3 Å². The van der Waals surface area contributed by atoms with Gasteiger partial charge in [0.25, 0.3) is 11.6 Å². The van der Waals surface area contributed by atoms with Crippen LogP contribution in [0.2, 0.25) is 5.02 Å². The van der Waals surface area contributed by atoms with Crippen molar-refractivity contribution in [2.45, 2.75) is 26.3 Å². The summed E-state index contributed by atoms with van der Waals surface area (Å²) in [7, 11) is 0. The maximum Gasteiger partial charge on any atom is 0.287 e. The van der Waals surface area contributed by atoms with Crippen LogP contribution in [0.25, 0.3) is 11.3 Å². The van der Waals surface area contributed by atoms with Gasteiger partial charge in [0, 0.05) is 23.2 Å². The quantitative estimate of drug-likeness (QED) is 0.611. The van der Waals surface area contributed by atoms with Crippen molar-refractivity contribution in [1.82, 2.24) is 10.6 Å². The molecule has 0 aliphatic heterocycles. The third-order valence-electron chi connectivity index (χ3n) is 3.18. The molecule has 9 heteroatoms. The van der Waals surface area contributed by atoms with E-state index in [1.807, 2.05) is 20.8 Å². The van der Waals surface area contributed by atoms with Gasteiger partial charge >= 0.3 is 0 Å². The molecule has 1 aromatic heterocycles. The van der Waals surface area contributed by atoms with Gasteiger partial charge in [0.2, 0.25) is 5.91 Å². The standard InChI is InChI=1S/C17H18ClN3O5/c1-17(2,3)20-15(22)9-19-16(23)14-7-6-13(26-14)11-5-4-10(21(24)25)8-12(11)18/h4-8H,9H2,1-3H3,(H,19,23)(H,20,22). The summed E-state index contributed by atoms with van der Waals surface area (Å²) in [6.07, 6.45) is 0. The van der Waals surface area contributed by atoms with E-state index in [4.69, 9.17) is 16.0 Å². The second-order valence-corrected chi connectivity index (χ2v) is 6.97. The number of amides is 2. The summed E-state index contributed by atoms with van der Waals surface area (Å²) >= 11 is 6.04. The van der Waals surface area contributed by atoms with Crippen LogP contribution >= 0.6 is 11.6 Å². The average Bonchev–Trinajstić information content (AvgIpc) is 3.00. The Hall–Kier alpha value is -2.87. The smallest absolute Gasteiger partial charge is 0.287 e. The highest BCUT2D eigenvalue weighted by Gasteiger charge is 2.18. The van der Waals surface area contributed by atoms with Crippen molar-refractivity contribution < 1.29 is 18.9 Å². The number of nitrogens with zero attached hydrogens (tertiary/aromatic N) is 1. The second kappa shape index (κ2) is 7.57. The minimum atomic E-state index is -0.557. The number of non-ortho nitro benzene ring substituents is 1. The molecule has 0 saturated heterocycles. The summed E-state index contributed by atoms with van der Waals surface area (Å²) in [4.78, 5) is 34.0. The number of furan rings is 1. The van der Waals surface area contributed by atoms with Gasteiger partial charge in [-0.15, -0.1) is 0 Å². The number of halogens is 1. The van der Waals surface area contributed by atoms with Gasteiger partial charge in [0.15, 0.2) is 5.76 Å². The molecular formula is C17H18ClN3O5. The van der Waals surface area contributed by atoms with Gasteiger partial charge in [-0.25, -0.2) is 0 Å². The Bertz CT molecular complexity index is 854. The predicted molar refractivity (Wildman–Crippen MR) is 96.0 cm³/mol. The van der Waals surface area contributed by atoms with Crippen molar-refractivity contribution in [3.05, 3.63) is 51.2 Å². The van der Waals surface area contributed by atoms with Crippen molar-refractivity contribution in [1.29, 1.82) is 0 Å². The van der Waals surface area contributed by atoms with Gasteiger partial charge in [-0.3, -0.25) is 19.7 Å². The lowest BCUT2D eigenvalue weighted by Crippen LogP contribution is -2.45. The number of hydrogen-bond acceptors (Lipinski definition) is 5. The summed E-state index contributed by atoms with van der Waals surface area (Å²) in [5.41, 5.74) is -0.123. The van der Waals surface area contributed by atoms with E-state index in [9.17, 15) is 19.7 Å². The summed E-state index contributed by atoms with van der Waals surface area (Å²) in [5, 5.41) is 16.1. The summed E-state index contributed by atoms with van der Waals surface area (Å²) < 4.78 is 5.45. The Labute approximate surface area is 154 Å². The lowest BCUT2D eigenvalue weighted by atomic mass is 10.1. The molecule has 0 atom stereocenters. The third kappa shape index (κ3) is 5.06. The van der Waals surface area contributed by atoms with E-state index in [0.717, 1.165) is 0 Å². The second-order valence-electron chi connectivity index (χ2n) is 6.57. The molecule has 8 nitrogen and oxygen atoms in total. The van der Waals surface area contributed by atoms with Gasteiger partial charge in [-0.05, 0) is 39.0 Å². The Morgan fingerprint density at radius 3 is 2.50 bits per heavy atom. The maximum absolute atomic E-state index is 12.1. The van der Waals surface area contributed by atoms with Crippen molar-refractivity contribution in [3.63, 3.8) is 0 Å². The highest BCUT2D eigenvalue weighted by Crippen LogP contribution is 2.32. The normalized spacial score (nSPS) is 11.1. The molecule has 0 radical (unpaired) electrons. The molecule has 0 fully saturated rings. The SMILES string of the molecule is CC(C)(C)NC(=O)CNC(=O)c1ccc(-c2ccc([N+](=O)[O-])cc2Cl)o1. The number of nitro benzene ring substituents is 1. The summed E-state index contributed by atoms with van der Waals surface area (Å²) in [6, 6.07) is 6.90. The topological polar surface area (TPSA) is 114 Å². The van der Waals surface area contributed by atoms with Crippen LogP contribution in [0.1, 0.15) is 31.3 Å². The summed E-state index contributed by atoms with van der Waals surface area (Å²) in [6.45, 7) is 5.31. The molecule has 1 aromatic carbocycles. The molecule has 2 aromatic rings. The first-order valence-corrected chi connectivity index (χ1v) is 8.08. The van der Waals surface area contributed by atoms with E-state index < -0.39 is 16.4 Å². The molecule has 0 bridgehead atoms. The first kappa shape index (κ1) is 19.5. The number of nitrogens with one attached hydrogen (secondary N) is 2. The monoisotopic (exact) mass is 379 g/mol. The van der Waals surface area contributed by atoms with Crippen molar-refractivity contribution >= 4 is 29.1 Å². The number of rotatable bonds is 5. The Kier molecular flexibility index (Phi) is 5.66. The maximum atomic E-state index is 12.1. The fraction of sp³-hybridized carbons (Fsp3) is 0.294. The Balaban J connectivity index is 2.06. The first-order chi connectivity index (χ1) is 12.1. The van der Waals surface area contributed by atoms with E-state index in [2.05, 4.69) is 10.6 Å². The molecule has 0 spiro atoms. The van der Waals surface area contributed by atoms with Gasteiger partial charge < -0.3 is 15.1 Å². The van der Waals surface area contributed by atoms with Crippen LogP contribution < -0.4 is 10.6 Å². The first-order valence-electron chi connectivity index (χ1n) is 7.70. The van der Waals surface area contributed by atoms with Gasteiger partial charge in [0.1, 0.15) is 5.76 Å².